The second kappa shape index (κ2) is 5.71. The molecule has 0 heterocycles. The highest BCUT2D eigenvalue weighted by Crippen LogP contribution is 2.22. The summed E-state index contributed by atoms with van der Waals surface area (Å²) in [6.07, 6.45) is 0.0875. The highest BCUT2D eigenvalue weighted by molar-refractivity contribution is 5.87. The molecule has 20 heavy (non-hydrogen) atoms. The maximum atomic E-state index is 11.2. The van der Waals surface area contributed by atoms with E-state index in [1.165, 1.54) is 0 Å². The molecule has 0 radical (unpaired) electrons. The van der Waals surface area contributed by atoms with Gasteiger partial charge in [-0.25, -0.2) is 0 Å². The first-order valence-electron chi connectivity index (χ1n) is 6.18. The Morgan fingerprint density at radius 2 is 1.65 bits per heavy atom. The first kappa shape index (κ1) is 14.0. The van der Waals surface area contributed by atoms with Crippen LogP contribution >= 0.6 is 0 Å². The van der Waals surface area contributed by atoms with Gasteiger partial charge in [-0.3, -0.25) is 9.59 Å². The average molecular weight is 273 g/mol. The lowest BCUT2D eigenvalue weighted by atomic mass is 9.90. The van der Waals surface area contributed by atoms with E-state index in [-0.39, 0.29) is 6.42 Å². The van der Waals surface area contributed by atoms with Crippen molar-refractivity contribution in [2.45, 2.75) is 12.5 Å². The Kier molecular flexibility index (Phi) is 4.00. The molecule has 0 bridgehead atoms. The number of carboxylic acid groups (broad SMARTS) is 2. The molecule has 0 amide bonds. The number of hydrogen-bond acceptors (Lipinski definition) is 3. The minimum Gasteiger partial charge on any atom is -0.481 e. The van der Waals surface area contributed by atoms with E-state index in [1.807, 2.05) is 36.4 Å². The number of fused-ring (bicyclic) bond motifs is 1. The number of hydrogen-bond donors (Lipinski definition) is 3. The average Bonchev–Trinajstić information content (AvgIpc) is 2.43. The number of benzene rings is 2. The fourth-order valence-electron chi connectivity index (χ4n) is 2.25. The van der Waals surface area contributed by atoms with Gasteiger partial charge < -0.3 is 15.9 Å². The normalized spacial score (nSPS) is 13.8. The van der Waals surface area contributed by atoms with E-state index in [0.717, 1.165) is 16.3 Å². The summed E-state index contributed by atoms with van der Waals surface area (Å²) >= 11 is 0. The predicted octanol–water partition coefficient (Wildman–Crippen LogP) is 1.49. The molecule has 5 nitrogen and oxygen atoms in total. The number of carboxylic acids is 2. The first-order valence-corrected chi connectivity index (χ1v) is 6.18. The summed E-state index contributed by atoms with van der Waals surface area (Å²) < 4.78 is 0. The number of carbonyl (C=O) groups is 2. The van der Waals surface area contributed by atoms with Crippen LogP contribution in [-0.4, -0.2) is 28.2 Å². The van der Waals surface area contributed by atoms with Gasteiger partial charge in [-0.1, -0.05) is 42.5 Å². The fourth-order valence-corrected chi connectivity index (χ4v) is 2.25. The molecule has 4 N–H and O–H groups in total. The number of aliphatic carboxylic acids is 2. The van der Waals surface area contributed by atoms with Crippen molar-refractivity contribution in [3.63, 3.8) is 0 Å². The molecular weight excluding hydrogens is 258 g/mol. The molecule has 0 aliphatic heterocycles. The molecule has 5 heteroatoms. The lowest BCUT2D eigenvalue weighted by molar-refractivity contribution is -0.149. The molecule has 0 unspecified atom stereocenters. The molecule has 0 spiro atoms. The molecule has 104 valence electrons. The van der Waals surface area contributed by atoms with Crippen molar-refractivity contribution in [2.75, 3.05) is 0 Å². The molecule has 2 aromatic rings. The van der Waals surface area contributed by atoms with Crippen molar-refractivity contribution in [3.05, 3.63) is 48.0 Å². The van der Waals surface area contributed by atoms with Gasteiger partial charge in [-0.05, 0) is 22.8 Å². The van der Waals surface area contributed by atoms with Gasteiger partial charge in [-0.2, -0.15) is 0 Å². The summed E-state index contributed by atoms with van der Waals surface area (Å²) in [5.74, 6) is -3.66. The molecule has 0 fully saturated rings. The number of nitrogens with two attached hydrogens (primary N) is 1. The summed E-state index contributed by atoms with van der Waals surface area (Å²) in [6.45, 7) is 0. The monoisotopic (exact) mass is 273 g/mol. The maximum Gasteiger partial charge on any atom is 0.321 e. The van der Waals surface area contributed by atoms with Crippen LogP contribution in [0.2, 0.25) is 0 Å². The smallest absolute Gasteiger partial charge is 0.321 e. The van der Waals surface area contributed by atoms with Crippen molar-refractivity contribution in [3.8, 4) is 0 Å². The highest BCUT2D eigenvalue weighted by atomic mass is 16.4. The Hall–Kier alpha value is -2.40. The Bertz CT molecular complexity index is 648. The Morgan fingerprint density at radius 1 is 1.00 bits per heavy atom. The van der Waals surface area contributed by atoms with Gasteiger partial charge in [0.25, 0.3) is 0 Å². The van der Waals surface area contributed by atoms with Gasteiger partial charge in [0.05, 0.1) is 5.92 Å². The van der Waals surface area contributed by atoms with E-state index < -0.39 is 23.9 Å². The molecule has 2 aromatic carbocycles. The van der Waals surface area contributed by atoms with E-state index >= 15 is 0 Å². The van der Waals surface area contributed by atoms with Crippen LogP contribution in [0.5, 0.6) is 0 Å². The Labute approximate surface area is 115 Å². The fraction of sp³-hybridized carbons (Fsp3) is 0.200. The third-order valence-corrected chi connectivity index (χ3v) is 3.36. The van der Waals surface area contributed by atoms with E-state index in [0.29, 0.717) is 0 Å². The molecular formula is C15H15NO4. The van der Waals surface area contributed by atoms with E-state index in [9.17, 15) is 14.7 Å². The maximum absolute atomic E-state index is 11.2. The van der Waals surface area contributed by atoms with Crippen LogP contribution in [0, 0.1) is 5.92 Å². The lowest BCUT2D eigenvalue weighted by Gasteiger charge is -2.17. The van der Waals surface area contributed by atoms with Crippen LogP contribution in [-0.2, 0) is 16.0 Å². The third kappa shape index (κ3) is 2.78. The second-order valence-electron chi connectivity index (χ2n) is 4.65. The molecule has 0 saturated heterocycles. The zero-order chi connectivity index (χ0) is 14.7. The number of rotatable bonds is 5. The minimum absolute atomic E-state index is 0.0875. The van der Waals surface area contributed by atoms with Gasteiger partial charge in [0.15, 0.2) is 0 Å². The summed E-state index contributed by atoms with van der Waals surface area (Å²) in [5.41, 5.74) is 6.26. The van der Waals surface area contributed by atoms with Gasteiger partial charge in [0.2, 0.25) is 0 Å². The third-order valence-electron chi connectivity index (χ3n) is 3.36. The van der Waals surface area contributed by atoms with E-state index in [1.54, 1.807) is 6.07 Å². The van der Waals surface area contributed by atoms with E-state index in [4.69, 9.17) is 10.8 Å². The van der Waals surface area contributed by atoms with Crippen LogP contribution in [0.3, 0.4) is 0 Å². The van der Waals surface area contributed by atoms with Crippen molar-refractivity contribution < 1.29 is 19.8 Å². The molecule has 0 saturated carbocycles. The van der Waals surface area contributed by atoms with Crippen molar-refractivity contribution in [2.24, 2.45) is 11.7 Å². The van der Waals surface area contributed by atoms with Gasteiger partial charge >= 0.3 is 11.9 Å². The topological polar surface area (TPSA) is 101 Å². The van der Waals surface area contributed by atoms with Crippen molar-refractivity contribution in [1.82, 2.24) is 0 Å². The molecule has 0 aromatic heterocycles. The lowest BCUT2D eigenvalue weighted by Crippen LogP contribution is -2.43. The zero-order valence-corrected chi connectivity index (χ0v) is 10.7. The largest absolute Gasteiger partial charge is 0.481 e. The first-order chi connectivity index (χ1) is 9.50. The summed E-state index contributed by atoms with van der Waals surface area (Å²) in [4.78, 5) is 22.2. The highest BCUT2D eigenvalue weighted by Gasteiger charge is 2.31. The van der Waals surface area contributed by atoms with Crippen molar-refractivity contribution >= 4 is 22.7 Å². The standard InChI is InChI=1S/C15H15NO4/c16-13(15(19)20)12(14(17)18)8-10-6-3-5-9-4-1-2-7-11(9)10/h1-7,12-13H,8,16H2,(H,17,18)(H,19,20)/t12-,13-/m0/s1. The summed E-state index contributed by atoms with van der Waals surface area (Å²) in [7, 11) is 0. The van der Waals surface area contributed by atoms with Gasteiger partial charge in [0, 0.05) is 0 Å². The molecule has 0 aliphatic carbocycles. The SMILES string of the molecule is N[C@H](C(=O)O)[C@H](Cc1cccc2ccccc12)C(=O)O. The van der Waals surface area contributed by atoms with Crippen LogP contribution in [0.15, 0.2) is 42.5 Å². The van der Waals surface area contributed by atoms with E-state index in [2.05, 4.69) is 0 Å². The van der Waals surface area contributed by atoms with Crippen LogP contribution in [0.4, 0.5) is 0 Å². The van der Waals surface area contributed by atoms with Crippen molar-refractivity contribution in [1.29, 1.82) is 0 Å². The van der Waals surface area contributed by atoms with Gasteiger partial charge in [0.1, 0.15) is 6.04 Å². The zero-order valence-electron chi connectivity index (χ0n) is 10.7. The van der Waals surface area contributed by atoms with Crippen LogP contribution in [0.25, 0.3) is 10.8 Å². The van der Waals surface area contributed by atoms with Crippen LogP contribution < -0.4 is 5.73 Å². The van der Waals surface area contributed by atoms with Crippen LogP contribution in [0.1, 0.15) is 5.56 Å². The molecule has 2 rings (SSSR count). The molecule has 0 aliphatic rings. The summed E-state index contributed by atoms with van der Waals surface area (Å²) in [5, 5.41) is 20.0. The Balaban J connectivity index is 2.39. The minimum atomic E-state index is -1.42. The second-order valence-corrected chi connectivity index (χ2v) is 4.65. The Morgan fingerprint density at radius 3 is 2.30 bits per heavy atom. The summed E-state index contributed by atoms with van der Waals surface area (Å²) in [6, 6.07) is 11.7. The van der Waals surface area contributed by atoms with Gasteiger partial charge in [-0.15, -0.1) is 0 Å². The quantitative estimate of drug-likeness (QED) is 0.766. The predicted molar refractivity (Wildman–Crippen MR) is 74.4 cm³/mol. The molecule has 2 atom stereocenters.